The lowest BCUT2D eigenvalue weighted by Crippen LogP contribution is -2.18. The maximum atomic E-state index is 6.11. The van der Waals surface area contributed by atoms with Gasteiger partial charge in [-0.2, -0.15) is 4.98 Å². The van der Waals surface area contributed by atoms with Crippen molar-refractivity contribution in [3.05, 3.63) is 35.4 Å². The molecule has 1 atom stereocenters. The van der Waals surface area contributed by atoms with E-state index < -0.39 is 0 Å². The fourth-order valence-electron chi connectivity index (χ4n) is 1.83. The van der Waals surface area contributed by atoms with Crippen molar-refractivity contribution in [3.63, 3.8) is 0 Å². The van der Waals surface area contributed by atoms with Crippen LogP contribution in [-0.4, -0.2) is 22.6 Å². The summed E-state index contributed by atoms with van der Waals surface area (Å²) in [6, 6.07) is 4.12. The van der Waals surface area contributed by atoms with E-state index >= 15 is 0 Å². The van der Waals surface area contributed by atoms with Crippen LogP contribution in [0.2, 0.25) is 5.02 Å². The Morgan fingerprint density at radius 2 is 2.30 bits per heavy atom. The molecule has 0 radical (unpaired) electrons. The fourth-order valence-corrected chi connectivity index (χ4v) is 1.98. The number of hydrogen-bond donors (Lipinski definition) is 2. The average Bonchev–Trinajstić information content (AvgIpc) is 2.94. The lowest BCUT2D eigenvalue weighted by Gasteiger charge is -2.15. The second-order valence-corrected chi connectivity index (χ2v) is 4.99. The zero-order valence-electron chi connectivity index (χ0n) is 11.7. The van der Waals surface area contributed by atoms with Gasteiger partial charge >= 0.3 is 0 Å². The number of rotatable bonds is 7. The summed E-state index contributed by atoms with van der Waals surface area (Å²) in [4.78, 5) is 8.47. The van der Waals surface area contributed by atoms with Crippen molar-refractivity contribution in [2.24, 2.45) is 0 Å². The van der Waals surface area contributed by atoms with Crippen LogP contribution in [0.15, 0.2) is 29.0 Å². The summed E-state index contributed by atoms with van der Waals surface area (Å²) in [5.41, 5.74) is 0. The van der Waals surface area contributed by atoms with Crippen molar-refractivity contribution in [2.75, 3.05) is 17.2 Å². The average molecular weight is 295 g/mol. The van der Waals surface area contributed by atoms with E-state index in [2.05, 4.69) is 27.5 Å². The normalized spacial score (nSPS) is 12.2. The van der Waals surface area contributed by atoms with Crippen LogP contribution in [0.1, 0.15) is 26.0 Å². The molecule has 0 aliphatic heterocycles. The van der Waals surface area contributed by atoms with E-state index in [4.69, 9.17) is 16.0 Å². The zero-order valence-corrected chi connectivity index (χ0v) is 12.4. The van der Waals surface area contributed by atoms with Gasteiger partial charge in [0.15, 0.2) is 5.82 Å². The molecule has 0 aromatic carbocycles. The molecule has 0 aliphatic carbocycles. The van der Waals surface area contributed by atoms with E-state index in [1.807, 2.05) is 19.1 Å². The Labute approximate surface area is 123 Å². The molecule has 0 saturated heterocycles. The minimum atomic E-state index is 0.238. The van der Waals surface area contributed by atoms with Crippen LogP contribution in [0.25, 0.3) is 0 Å². The molecule has 0 aliphatic rings. The van der Waals surface area contributed by atoms with Gasteiger partial charge in [-0.25, -0.2) is 4.98 Å². The summed E-state index contributed by atoms with van der Waals surface area (Å²) in [5.74, 6) is 2.22. The van der Waals surface area contributed by atoms with Gasteiger partial charge in [-0.05, 0) is 32.4 Å². The van der Waals surface area contributed by atoms with Gasteiger partial charge in [0.2, 0.25) is 5.95 Å². The quantitative estimate of drug-likeness (QED) is 0.817. The first-order valence-corrected chi connectivity index (χ1v) is 7.12. The lowest BCUT2D eigenvalue weighted by atomic mass is 10.1. The fraction of sp³-hybridized carbons (Fsp3) is 0.429. The van der Waals surface area contributed by atoms with Gasteiger partial charge < -0.3 is 15.1 Å². The number of anilines is 2. The summed E-state index contributed by atoms with van der Waals surface area (Å²) >= 11 is 6.11. The van der Waals surface area contributed by atoms with E-state index in [1.165, 1.54) is 0 Å². The highest BCUT2D eigenvalue weighted by Gasteiger charge is 2.09. The van der Waals surface area contributed by atoms with Crippen molar-refractivity contribution in [3.8, 4) is 0 Å². The number of nitrogens with zero attached hydrogens (tertiary/aromatic N) is 2. The first-order chi connectivity index (χ1) is 9.69. The van der Waals surface area contributed by atoms with Gasteiger partial charge in [0.25, 0.3) is 0 Å². The number of furan rings is 1. The van der Waals surface area contributed by atoms with E-state index in [9.17, 15) is 0 Å². The first-order valence-electron chi connectivity index (χ1n) is 6.74. The summed E-state index contributed by atoms with van der Waals surface area (Å²) in [6.07, 6.45) is 5.11. The molecule has 108 valence electrons. The van der Waals surface area contributed by atoms with Crippen LogP contribution in [0.4, 0.5) is 11.8 Å². The summed E-state index contributed by atoms with van der Waals surface area (Å²) in [7, 11) is 0. The highest BCUT2D eigenvalue weighted by molar-refractivity contribution is 6.32. The molecule has 0 bridgehead atoms. The van der Waals surface area contributed by atoms with Gasteiger partial charge in [-0.15, -0.1) is 0 Å². The van der Waals surface area contributed by atoms with Crippen molar-refractivity contribution < 1.29 is 4.42 Å². The van der Waals surface area contributed by atoms with Crippen LogP contribution in [0, 0.1) is 0 Å². The third kappa shape index (κ3) is 4.13. The van der Waals surface area contributed by atoms with E-state index in [-0.39, 0.29) is 6.04 Å². The van der Waals surface area contributed by atoms with E-state index in [0.717, 1.165) is 25.1 Å². The molecule has 0 amide bonds. The number of hydrogen-bond acceptors (Lipinski definition) is 5. The maximum absolute atomic E-state index is 6.11. The van der Waals surface area contributed by atoms with Crippen LogP contribution in [0.5, 0.6) is 0 Å². The zero-order chi connectivity index (χ0) is 14.4. The summed E-state index contributed by atoms with van der Waals surface area (Å²) in [6.45, 7) is 4.86. The molecule has 6 heteroatoms. The smallest absolute Gasteiger partial charge is 0.224 e. The van der Waals surface area contributed by atoms with Crippen molar-refractivity contribution in [1.82, 2.24) is 9.97 Å². The van der Waals surface area contributed by atoms with Crippen LogP contribution < -0.4 is 10.6 Å². The minimum Gasteiger partial charge on any atom is -0.469 e. The van der Waals surface area contributed by atoms with Gasteiger partial charge in [0, 0.05) is 19.0 Å². The van der Waals surface area contributed by atoms with Gasteiger partial charge in [0.05, 0.1) is 12.5 Å². The number of halogens is 1. The SMILES string of the molecule is CCNc1ncc(Cl)c(NC(C)CCc2ccco2)n1. The highest BCUT2D eigenvalue weighted by atomic mass is 35.5. The van der Waals surface area contributed by atoms with Gasteiger partial charge in [0.1, 0.15) is 10.8 Å². The predicted octanol–water partition coefficient (Wildman–Crippen LogP) is 3.59. The summed E-state index contributed by atoms with van der Waals surface area (Å²) in [5, 5.41) is 6.90. The Bertz CT molecular complexity index is 530. The third-order valence-corrected chi connectivity index (χ3v) is 3.14. The topological polar surface area (TPSA) is 63.0 Å². The standard InChI is InChI=1S/C14H19ClN4O/c1-3-16-14-17-9-12(15)13(19-14)18-10(2)6-7-11-5-4-8-20-11/h4-5,8-10H,3,6-7H2,1-2H3,(H2,16,17,18,19). The highest BCUT2D eigenvalue weighted by Crippen LogP contribution is 2.21. The largest absolute Gasteiger partial charge is 0.469 e. The van der Waals surface area contributed by atoms with E-state index in [0.29, 0.717) is 16.8 Å². The third-order valence-electron chi connectivity index (χ3n) is 2.87. The Hall–Kier alpha value is -1.75. The molecule has 2 heterocycles. The Balaban J connectivity index is 1.92. The Morgan fingerprint density at radius 1 is 1.45 bits per heavy atom. The molecule has 0 spiro atoms. The van der Waals surface area contributed by atoms with E-state index in [1.54, 1.807) is 12.5 Å². The number of aryl methyl sites for hydroxylation is 1. The molecule has 2 aromatic heterocycles. The van der Waals surface area contributed by atoms with Crippen molar-refractivity contribution >= 4 is 23.4 Å². The van der Waals surface area contributed by atoms with Crippen LogP contribution in [-0.2, 0) is 6.42 Å². The number of nitrogens with one attached hydrogen (secondary N) is 2. The molecule has 2 rings (SSSR count). The second-order valence-electron chi connectivity index (χ2n) is 4.58. The van der Waals surface area contributed by atoms with Crippen molar-refractivity contribution in [1.29, 1.82) is 0 Å². The number of aromatic nitrogens is 2. The molecule has 1 unspecified atom stereocenters. The van der Waals surface area contributed by atoms with Gasteiger partial charge in [-0.3, -0.25) is 0 Å². The summed E-state index contributed by atoms with van der Waals surface area (Å²) < 4.78 is 5.32. The molecule has 2 N–H and O–H groups in total. The lowest BCUT2D eigenvalue weighted by molar-refractivity contribution is 0.495. The van der Waals surface area contributed by atoms with Gasteiger partial charge in [-0.1, -0.05) is 11.6 Å². The van der Waals surface area contributed by atoms with Crippen molar-refractivity contribution in [2.45, 2.75) is 32.7 Å². The Morgan fingerprint density at radius 3 is 3.00 bits per heavy atom. The minimum absolute atomic E-state index is 0.238. The maximum Gasteiger partial charge on any atom is 0.224 e. The molecule has 0 saturated carbocycles. The van der Waals surface area contributed by atoms with Crippen LogP contribution >= 0.6 is 11.6 Å². The monoisotopic (exact) mass is 294 g/mol. The molecular formula is C14H19ClN4O. The second kappa shape index (κ2) is 7.14. The molecule has 20 heavy (non-hydrogen) atoms. The predicted molar refractivity (Wildman–Crippen MR) is 81.3 cm³/mol. The molecule has 0 fully saturated rings. The molecule has 5 nitrogen and oxygen atoms in total. The Kier molecular flexibility index (Phi) is 5.24. The van der Waals surface area contributed by atoms with Crippen LogP contribution in [0.3, 0.4) is 0 Å². The first kappa shape index (κ1) is 14.7. The molecule has 2 aromatic rings. The molecular weight excluding hydrogens is 276 g/mol.